The van der Waals surface area contributed by atoms with Gasteiger partial charge in [0.25, 0.3) is 5.91 Å². The summed E-state index contributed by atoms with van der Waals surface area (Å²) in [4.78, 5) is 31.0. The molecular weight excluding hydrogens is 404 g/mol. The van der Waals surface area contributed by atoms with Crippen molar-refractivity contribution < 1.29 is 14.0 Å². The highest BCUT2D eigenvalue weighted by Crippen LogP contribution is 2.27. The van der Waals surface area contributed by atoms with Gasteiger partial charge in [-0.05, 0) is 31.9 Å². The van der Waals surface area contributed by atoms with Crippen molar-refractivity contribution in [3.8, 4) is 0 Å². The van der Waals surface area contributed by atoms with E-state index in [1.807, 2.05) is 44.3 Å². The Morgan fingerprint density at radius 2 is 2.09 bits per heavy atom. The van der Waals surface area contributed by atoms with Crippen molar-refractivity contribution in [3.05, 3.63) is 71.3 Å². The van der Waals surface area contributed by atoms with Crippen LogP contribution >= 0.6 is 0 Å². The molecule has 166 valence electrons. The Morgan fingerprint density at radius 1 is 1.31 bits per heavy atom. The molecule has 32 heavy (non-hydrogen) atoms. The first kappa shape index (κ1) is 21.6. The van der Waals surface area contributed by atoms with Crippen molar-refractivity contribution in [2.24, 2.45) is 4.99 Å². The molecule has 2 amide bonds. The van der Waals surface area contributed by atoms with Gasteiger partial charge in [-0.2, -0.15) is 0 Å². The summed E-state index contributed by atoms with van der Waals surface area (Å²) in [6.45, 7) is 6.12. The number of benzene rings is 1. The number of amidine groups is 1. The van der Waals surface area contributed by atoms with Crippen molar-refractivity contribution in [1.29, 1.82) is 0 Å². The number of hydrogen-bond acceptors (Lipinski definition) is 5. The number of carbonyl (C=O) groups excluding carboxylic acids is 2. The van der Waals surface area contributed by atoms with Crippen molar-refractivity contribution in [1.82, 2.24) is 15.5 Å². The number of hydrogen-bond donors (Lipinski definition) is 2. The van der Waals surface area contributed by atoms with E-state index in [0.717, 1.165) is 39.9 Å². The summed E-state index contributed by atoms with van der Waals surface area (Å²) in [5.41, 5.74) is 3.03. The maximum Gasteiger partial charge on any atom is 0.250 e. The van der Waals surface area contributed by atoms with Crippen LogP contribution in [0.4, 0.5) is 0 Å². The number of likely N-dealkylation sites (N-methyl/N-ethyl adjacent to an activating group) is 1. The van der Waals surface area contributed by atoms with Crippen LogP contribution in [-0.2, 0) is 22.6 Å². The minimum atomic E-state index is -0.713. The van der Waals surface area contributed by atoms with Crippen LogP contribution in [-0.4, -0.2) is 35.1 Å². The highest BCUT2D eigenvalue weighted by atomic mass is 16.3. The number of nitrogens with one attached hydrogen (secondary N) is 2. The molecule has 3 heterocycles. The fraction of sp³-hybridized carbons (Fsp3) is 0.320. The number of furan rings is 1. The average Bonchev–Trinajstić information content (AvgIpc) is 3.08. The third-order valence-corrected chi connectivity index (χ3v) is 5.80. The standard InChI is InChI=1S/C25H28N4O3/c1-5-18-19-8-6-7-9-20(19)32-21(18)15-29(4)22(30)11-10-16-12-17-14-27-25(2,3)24(31)28-23(17)26-13-16/h6-11,13-14,27H,5,12,15H2,1-4H3,(H,26,28,31)/b11-10+. The van der Waals surface area contributed by atoms with Crippen LogP contribution in [0.3, 0.4) is 0 Å². The van der Waals surface area contributed by atoms with E-state index >= 15 is 0 Å². The molecule has 2 aliphatic heterocycles. The van der Waals surface area contributed by atoms with Gasteiger partial charge in [-0.3, -0.25) is 9.59 Å². The van der Waals surface area contributed by atoms with E-state index in [-0.39, 0.29) is 11.8 Å². The number of nitrogens with zero attached hydrogens (tertiary/aromatic N) is 2. The number of rotatable bonds is 5. The van der Waals surface area contributed by atoms with Crippen LogP contribution in [0.5, 0.6) is 0 Å². The fourth-order valence-electron chi connectivity index (χ4n) is 3.77. The normalized spacial score (nSPS) is 17.6. The highest BCUT2D eigenvalue weighted by Gasteiger charge is 2.31. The van der Waals surface area contributed by atoms with Crippen LogP contribution in [0.25, 0.3) is 11.0 Å². The van der Waals surface area contributed by atoms with Crippen molar-refractivity contribution in [2.75, 3.05) is 7.05 Å². The molecule has 4 rings (SSSR count). The molecule has 2 aliphatic rings. The molecule has 0 saturated heterocycles. The monoisotopic (exact) mass is 432 g/mol. The van der Waals surface area contributed by atoms with E-state index in [9.17, 15) is 9.59 Å². The summed E-state index contributed by atoms with van der Waals surface area (Å²) in [7, 11) is 1.76. The molecule has 2 aromatic rings. The molecule has 0 unspecified atom stereocenters. The first-order chi connectivity index (χ1) is 15.3. The Hall–Kier alpha value is -3.61. The lowest BCUT2D eigenvalue weighted by molar-refractivity contribution is -0.125. The van der Waals surface area contributed by atoms with Gasteiger partial charge in [-0.1, -0.05) is 31.2 Å². The van der Waals surface area contributed by atoms with Crippen LogP contribution in [0.2, 0.25) is 0 Å². The van der Waals surface area contributed by atoms with Gasteiger partial charge in [0.15, 0.2) is 0 Å². The second-order valence-electron chi connectivity index (χ2n) is 8.63. The Bertz CT molecular complexity index is 1200. The predicted molar refractivity (Wildman–Crippen MR) is 125 cm³/mol. The maximum absolute atomic E-state index is 12.7. The lowest BCUT2D eigenvalue weighted by atomic mass is 10.0. The van der Waals surface area contributed by atoms with Gasteiger partial charge in [0.1, 0.15) is 22.7 Å². The molecule has 0 bridgehead atoms. The van der Waals surface area contributed by atoms with Crippen molar-refractivity contribution in [3.63, 3.8) is 0 Å². The molecule has 7 nitrogen and oxygen atoms in total. The molecule has 1 aromatic carbocycles. The minimum absolute atomic E-state index is 0.120. The Balaban J connectivity index is 1.45. The number of amides is 2. The van der Waals surface area contributed by atoms with Gasteiger partial charge in [-0.15, -0.1) is 0 Å². The van der Waals surface area contributed by atoms with Gasteiger partial charge < -0.3 is 20.0 Å². The molecule has 0 spiro atoms. The molecule has 0 aliphatic carbocycles. The van der Waals surface area contributed by atoms with Gasteiger partial charge in [-0.25, -0.2) is 4.99 Å². The number of fused-ring (bicyclic) bond motifs is 2. The Kier molecular flexibility index (Phi) is 5.74. The zero-order valence-electron chi connectivity index (χ0n) is 18.9. The number of aliphatic imine (C=N–C) groups is 1. The lowest BCUT2D eigenvalue weighted by Gasteiger charge is -2.21. The van der Waals surface area contributed by atoms with Crippen LogP contribution in [0, 0.1) is 0 Å². The van der Waals surface area contributed by atoms with Gasteiger partial charge in [0.2, 0.25) is 5.91 Å². The van der Waals surface area contributed by atoms with Crippen molar-refractivity contribution in [2.45, 2.75) is 45.7 Å². The lowest BCUT2D eigenvalue weighted by Crippen LogP contribution is -2.50. The largest absolute Gasteiger partial charge is 0.459 e. The Morgan fingerprint density at radius 3 is 2.88 bits per heavy atom. The summed E-state index contributed by atoms with van der Waals surface area (Å²) >= 11 is 0. The van der Waals surface area contributed by atoms with Crippen LogP contribution < -0.4 is 10.6 Å². The van der Waals surface area contributed by atoms with Crippen molar-refractivity contribution >= 4 is 28.6 Å². The van der Waals surface area contributed by atoms with E-state index in [1.54, 1.807) is 30.3 Å². The average molecular weight is 433 g/mol. The number of carbonyl (C=O) groups is 2. The number of aryl methyl sites for hydroxylation is 1. The summed E-state index contributed by atoms with van der Waals surface area (Å²) < 4.78 is 6.01. The zero-order chi connectivity index (χ0) is 22.9. The van der Waals surface area contributed by atoms with Gasteiger partial charge in [0, 0.05) is 48.5 Å². The second kappa shape index (κ2) is 8.49. The maximum atomic E-state index is 12.7. The van der Waals surface area contributed by atoms with E-state index < -0.39 is 5.54 Å². The predicted octanol–water partition coefficient (Wildman–Crippen LogP) is 3.58. The second-order valence-corrected chi connectivity index (χ2v) is 8.63. The first-order valence-electron chi connectivity index (χ1n) is 10.8. The van der Waals surface area contributed by atoms with E-state index in [1.165, 1.54) is 0 Å². The minimum Gasteiger partial charge on any atom is -0.459 e. The third kappa shape index (κ3) is 4.23. The Labute approximate surface area is 187 Å². The number of allylic oxidation sites excluding steroid dienone is 2. The van der Waals surface area contributed by atoms with Crippen LogP contribution in [0.1, 0.15) is 38.5 Å². The highest BCUT2D eigenvalue weighted by molar-refractivity contribution is 6.11. The molecule has 2 N–H and O–H groups in total. The third-order valence-electron chi connectivity index (χ3n) is 5.80. The summed E-state index contributed by atoms with van der Waals surface area (Å²) in [5.74, 6) is 1.11. The zero-order valence-corrected chi connectivity index (χ0v) is 18.9. The fourth-order valence-corrected chi connectivity index (χ4v) is 3.77. The summed E-state index contributed by atoms with van der Waals surface area (Å²) in [6, 6.07) is 7.94. The molecule has 7 heteroatoms. The smallest absolute Gasteiger partial charge is 0.250 e. The van der Waals surface area contributed by atoms with Gasteiger partial charge in [0.05, 0.1) is 6.54 Å². The van der Waals surface area contributed by atoms with E-state index in [4.69, 9.17) is 4.42 Å². The molecule has 0 fully saturated rings. The van der Waals surface area contributed by atoms with Gasteiger partial charge >= 0.3 is 0 Å². The first-order valence-corrected chi connectivity index (χ1v) is 10.8. The molecule has 0 atom stereocenters. The van der Waals surface area contributed by atoms with E-state index in [0.29, 0.717) is 18.8 Å². The van der Waals surface area contributed by atoms with Crippen LogP contribution in [0.15, 0.2) is 69.4 Å². The summed E-state index contributed by atoms with van der Waals surface area (Å²) in [6.07, 6.45) is 8.24. The molecular formula is C25H28N4O3. The quantitative estimate of drug-likeness (QED) is 0.707. The summed E-state index contributed by atoms with van der Waals surface area (Å²) in [5, 5.41) is 7.08. The number of para-hydroxylation sites is 1. The topological polar surface area (TPSA) is 86.9 Å². The SMILES string of the molecule is CCc1c(CN(C)C(=O)/C=C/C2=CN=C3NC(=O)C(C)(C)NC=C3C2)oc2ccccc12. The molecule has 0 saturated carbocycles. The molecule has 0 radical (unpaired) electrons. The van der Waals surface area contributed by atoms with E-state index in [2.05, 4.69) is 22.5 Å². The molecule has 1 aromatic heterocycles.